The summed E-state index contributed by atoms with van der Waals surface area (Å²) in [6.07, 6.45) is 0. The number of carbonyl (C=O) groups excluding carboxylic acids is 1. The molecule has 0 aliphatic heterocycles. The van der Waals surface area contributed by atoms with E-state index in [1.54, 1.807) is 0 Å². The number of carbonyl (C=O) groups is 1. The second-order valence-electron chi connectivity index (χ2n) is 3.12. The second-order valence-corrected chi connectivity index (χ2v) is 6.04. The molecule has 17 heavy (non-hydrogen) atoms. The Labute approximate surface area is 117 Å². The van der Waals surface area contributed by atoms with Crippen LogP contribution in [0.5, 0.6) is 0 Å². The van der Waals surface area contributed by atoms with Crippen molar-refractivity contribution in [1.29, 1.82) is 0 Å². The third kappa shape index (κ3) is 4.07. The van der Waals surface area contributed by atoms with Gasteiger partial charge in [0, 0.05) is 0 Å². The Morgan fingerprint density at radius 1 is 1.41 bits per heavy atom. The first-order chi connectivity index (χ1) is 7.72. The van der Waals surface area contributed by atoms with E-state index in [0.29, 0.717) is 0 Å². The van der Waals surface area contributed by atoms with Crippen molar-refractivity contribution in [3.05, 3.63) is 28.5 Å². The number of hydrogen-bond acceptors (Lipinski definition) is 2. The molecule has 0 radical (unpaired) electrons. The van der Waals surface area contributed by atoms with Gasteiger partial charge in [0.1, 0.15) is 0 Å². The van der Waals surface area contributed by atoms with Crippen LogP contribution in [0.25, 0.3) is 0 Å². The summed E-state index contributed by atoms with van der Waals surface area (Å²) >= 11 is 22.1. The van der Waals surface area contributed by atoms with E-state index in [1.807, 2.05) is 0 Å². The molecule has 3 N–H and O–H groups in total. The van der Waals surface area contributed by atoms with Crippen LogP contribution in [0.15, 0.2) is 12.1 Å². The van der Waals surface area contributed by atoms with Crippen molar-refractivity contribution in [1.82, 2.24) is 0 Å². The zero-order chi connectivity index (χ0) is 13.2. The Morgan fingerprint density at radius 3 is 2.47 bits per heavy atom. The molecule has 0 saturated heterocycles. The van der Waals surface area contributed by atoms with E-state index in [1.165, 1.54) is 12.1 Å². The van der Waals surface area contributed by atoms with Gasteiger partial charge < -0.3 is 11.1 Å². The fraction of sp³-hybridized carbons (Fsp3) is 0.222. The van der Waals surface area contributed by atoms with Crippen LogP contribution in [0.3, 0.4) is 0 Å². The van der Waals surface area contributed by atoms with E-state index < -0.39 is 15.5 Å². The Balaban J connectivity index is 3.08. The zero-order valence-electron chi connectivity index (χ0n) is 8.24. The van der Waals surface area contributed by atoms with Gasteiger partial charge in [0.2, 0.25) is 3.79 Å². The van der Waals surface area contributed by atoms with Gasteiger partial charge in [-0.2, -0.15) is 0 Å². The van der Waals surface area contributed by atoms with Crippen LogP contribution < -0.4 is 11.1 Å². The first-order valence-electron chi connectivity index (χ1n) is 4.31. The van der Waals surface area contributed by atoms with Crippen molar-refractivity contribution in [2.24, 2.45) is 5.73 Å². The van der Waals surface area contributed by atoms with Crippen LogP contribution in [-0.4, -0.2) is 16.2 Å². The predicted molar refractivity (Wildman–Crippen MR) is 68.7 cm³/mol. The molecule has 0 unspecified atom stereocenters. The number of halogens is 5. The van der Waals surface area contributed by atoms with E-state index in [-0.39, 0.29) is 22.8 Å². The molecule has 8 heteroatoms. The lowest BCUT2D eigenvalue weighted by Gasteiger charge is -2.15. The van der Waals surface area contributed by atoms with Crippen molar-refractivity contribution in [3.8, 4) is 0 Å². The normalized spacial score (nSPS) is 11.4. The van der Waals surface area contributed by atoms with Gasteiger partial charge in [-0.15, -0.1) is 0 Å². The molecule has 0 bridgehead atoms. The summed E-state index contributed by atoms with van der Waals surface area (Å²) in [5.74, 6) is -1.87. The number of hydrogen-bond donors (Lipinski definition) is 2. The maximum absolute atomic E-state index is 13.6. The Kier molecular flexibility index (Phi) is 4.72. The molecule has 0 spiro atoms. The number of rotatable bonds is 3. The number of primary amides is 1. The molecule has 0 heterocycles. The maximum atomic E-state index is 13.6. The van der Waals surface area contributed by atoms with Gasteiger partial charge in [-0.05, 0) is 12.1 Å². The largest absolute Gasteiger partial charge is 0.380 e. The number of benzene rings is 1. The van der Waals surface area contributed by atoms with Crippen molar-refractivity contribution < 1.29 is 9.18 Å². The van der Waals surface area contributed by atoms with Gasteiger partial charge >= 0.3 is 0 Å². The molecule has 0 saturated carbocycles. The number of nitrogens with one attached hydrogen (secondary N) is 1. The molecule has 94 valence electrons. The van der Waals surface area contributed by atoms with Crippen LogP contribution in [0, 0.1) is 5.82 Å². The lowest BCUT2D eigenvalue weighted by atomic mass is 10.1. The van der Waals surface area contributed by atoms with Crippen molar-refractivity contribution in [2.75, 3.05) is 11.9 Å². The van der Waals surface area contributed by atoms with Crippen molar-refractivity contribution in [2.45, 2.75) is 3.79 Å². The van der Waals surface area contributed by atoms with Gasteiger partial charge in [0.05, 0.1) is 22.8 Å². The fourth-order valence-corrected chi connectivity index (χ4v) is 1.49. The van der Waals surface area contributed by atoms with Gasteiger partial charge in [-0.25, -0.2) is 4.39 Å². The quantitative estimate of drug-likeness (QED) is 0.839. The maximum Gasteiger partial charge on any atom is 0.253 e. The number of alkyl halides is 3. The minimum Gasteiger partial charge on any atom is -0.380 e. The SMILES string of the molecule is NC(=O)c1c(NCC(Cl)(Cl)Cl)ccc(Cl)c1F. The Hall–Kier alpha value is -0.420. The first kappa shape index (κ1) is 14.6. The number of anilines is 1. The average Bonchev–Trinajstić information content (AvgIpc) is 2.18. The summed E-state index contributed by atoms with van der Waals surface area (Å²) in [6, 6.07) is 2.64. The molecule has 1 rings (SSSR count). The molecule has 1 aromatic carbocycles. The predicted octanol–water partition coefficient (Wildman–Crippen LogP) is 3.36. The third-order valence-electron chi connectivity index (χ3n) is 1.82. The van der Waals surface area contributed by atoms with E-state index in [4.69, 9.17) is 52.1 Å². The minimum atomic E-state index is -1.58. The molecule has 3 nitrogen and oxygen atoms in total. The van der Waals surface area contributed by atoms with Crippen LogP contribution >= 0.6 is 46.4 Å². The minimum absolute atomic E-state index is 0.112. The standard InChI is InChI=1S/C9H7Cl4FN2O/c10-4-1-2-5(16-3-9(11,12)13)6(7(4)14)8(15)17/h1-2,16H,3H2,(H2,15,17). The smallest absolute Gasteiger partial charge is 0.253 e. The molecular formula is C9H7Cl4FN2O. The fourth-order valence-electron chi connectivity index (χ4n) is 1.13. The van der Waals surface area contributed by atoms with Gasteiger partial charge in [-0.1, -0.05) is 46.4 Å². The first-order valence-corrected chi connectivity index (χ1v) is 5.82. The summed E-state index contributed by atoms with van der Waals surface area (Å²) in [7, 11) is 0. The van der Waals surface area contributed by atoms with E-state index in [9.17, 15) is 9.18 Å². The highest BCUT2D eigenvalue weighted by Crippen LogP contribution is 2.29. The summed E-state index contributed by atoms with van der Waals surface area (Å²) in [6.45, 7) is -0.112. The zero-order valence-corrected chi connectivity index (χ0v) is 11.3. The number of amides is 1. The van der Waals surface area contributed by atoms with E-state index >= 15 is 0 Å². The van der Waals surface area contributed by atoms with Crippen molar-refractivity contribution in [3.63, 3.8) is 0 Å². The topological polar surface area (TPSA) is 55.1 Å². The van der Waals surface area contributed by atoms with Gasteiger partial charge in [-0.3, -0.25) is 4.79 Å². The molecular weight excluding hydrogens is 313 g/mol. The summed E-state index contributed by atoms with van der Waals surface area (Å²) in [4.78, 5) is 11.1. The number of nitrogens with two attached hydrogens (primary N) is 1. The molecule has 1 amide bonds. The van der Waals surface area contributed by atoms with Crippen LogP contribution in [0.2, 0.25) is 5.02 Å². The van der Waals surface area contributed by atoms with Crippen molar-refractivity contribution >= 4 is 58.0 Å². The molecule has 0 aliphatic carbocycles. The van der Waals surface area contributed by atoms with E-state index in [2.05, 4.69) is 5.32 Å². The highest BCUT2D eigenvalue weighted by Gasteiger charge is 2.22. The summed E-state index contributed by atoms with van der Waals surface area (Å²) < 4.78 is 12.0. The molecule has 0 aromatic heterocycles. The van der Waals surface area contributed by atoms with Crippen LogP contribution in [-0.2, 0) is 0 Å². The van der Waals surface area contributed by atoms with Crippen LogP contribution in [0.1, 0.15) is 10.4 Å². The molecule has 0 aliphatic rings. The molecule has 0 atom stereocenters. The van der Waals surface area contributed by atoms with E-state index in [0.717, 1.165) is 0 Å². The van der Waals surface area contributed by atoms with Crippen LogP contribution in [0.4, 0.5) is 10.1 Å². The Bertz CT molecular complexity index is 447. The lowest BCUT2D eigenvalue weighted by molar-refractivity contribution is 0.0997. The lowest BCUT2D eigenvalue weighted by Crippen LogP contribution is -2.22. The highest BCUT2D eigenvalue weighted by atomic mass is 35.6. The average molecular weight is 320 g/mol. The summed E-state index contributed by atoms with van der Waals surface area (Å²) in [5, 5.41) is 2.40. The highest BCUT2D eigenvalue weighted by molar-refractivity contribution is 6.67. The molecule has 0 fully saturated rings. The summed E-state index contributed by atoms with van der Waals surface area (Å²) in [5.41, 5.74) is 4.79. The Morgan fingerprint density at radius 2 is 2.00 bits per heavy atom. The third-order valence-corrected chi connectivity index (χ3v) is 2.51. The van der Waals surface area contributed by atoms with Gasteiger partial charge in [0.15, 0.2) is 5.82 Å². The molecule has 1 aromatic rings. The van der Waals surface area contributed by atoms with Gasteiger partial charge in [0.25, 0.3) is 5.91 Å². The monoisotopic (exact) mass is 318 g/mol. The second kappa shape index (κ2) is 5.48.